The molecule has 9 nitrogen and oxygen atoms in total. The minimum Gasteiger partial charge on any atom is -0.480 e. The lowest BCUT2D eigenvalue weighted by atomic mass is 9.98. The van der Waals surface area contributed by atoms with Crippen LogP contribution in [0, 0.1) is 0 Å². The average molecular weight is 503 g/mol. The minimum absolute atomic E-state index is 0.00587. The Kier molecular flexibility index (Phi) is 8.15. The molecule has 3 aromatic rings. The van der Waals surface area contributed by atoms with Crippen molar-refractivity contribution in [1.29, 1.82) is 0 Å². The van der Waals surface area contributed by atoms with E-state index in [1.807, 2.05) is 54.6 Å². The highest BCUT2D eigenvalue weighted by Gasteiger charge is 2.30. The molecule has 0 heterocycles. The van der Waals surface area contributed by atoms with Gasteiger partial charge in [-0.25, -0.2) is 4.79 Å². The number of carbonyl (C=O) groups is 4. The van der Waals surface area contributed by atoms with Gasteiger partial charge in [-0.1, -0.05) is 78.9 Å². The number of nitrogens with one attached hydrogen (secondary N) is 2. The summed E-state index contributed by atoms with van der Waals surface area (Å²) in [5, 5.41) is 13.4. The first-order valence-corrected chi connectivity index (χ1v) is 11.7. The zero-order valence-corrected chi connectivity index (χ0v) is 19.9. The predicted octanol–water partition coefficient (Wildman–Crippen LogP) is 3.23. The molecule has 1 aliphatic carbocycles. The third-order valence-corrected chi connectivity index (χ3v) is 5.98. The standard InChI is InChI=1S/C28H26N2O7/c31-25(32)15-29-27(34)24(14-26(33)36-16-18-8-2-1-3-9-18)30-28(35)37-17-23-21-12-6-4-10-19(21)20-11-5-7-13-22(20)23/h1-13,23-24H,14-17H2,(H,29,34)(H,30,35)(H,31,32)/t24-/m0/s1. The van der Waals surface area contributed by atoms with Crippen LogP contribution in [-0.2, 0) is 30.5 Å². The molecule has 0 radical (unpaired) electrons. The molecule has 0 aromatic heterocycles. The fourth-order valence-corrected chi connectivity index (χ4v) is 4.24. The van der Waals surface area contributed by atoms with Gasteiger partial charge in [-0.15, -0.1) is 0 Å². The summed E-state index contributed by atoms with van der Waals surface area (Å²) in [4.78, 5) is 48.4. The van der Waals surface area contributed by atoms with Gasteiger partial charge in [0, 0.05) is 5.92 Å². The summed E-state index contributed by atoms with van der Waals surface area (Å²) in [5.74, 6) is -3.03. The number of ether oxygens (including phenoxy) is 2. The van der Waals surface area contributed by atoms with Gasteiger partial charge in [0.1, 0.15) is 25.8 Å². The van der Waals surface area contributed by atoms with Gasteiger partial charge >= 0.3 is 18.0 Å². The van der Waals surface area contributed by atoms with Crippen LogP contribution in [0.2, 0.25) is 0 Å². The molecule has 9 heteroatoms. The molecule has 0 bridgehead atoms. The molecule has 0 saturated carbocycles. The number of esters is 1. The molecule has 0 fully saturated rings. The zero-order valence-electron chi connectivity index (χ0n) is 19.9. The van der Waals surface area contributed by atoms with Crippen LogP contribution in [0.25, 0.3) is 11.1 Å². The maximum atomic E-state index is 12.7. The number of hydrogen-bond acceptors (Lipinski definition) is 6. The molecule has 190 valence electrons. The fourth-order valence-electron chi connectivity index (χ4n) is 4.24. The molecule has 3 N–H and O–H groups in total. The lowest BCUT2D eigenvalue weighted by molar-refractivity contribution is -0.147. The van der Waals surface area contributed by atoms with E-state index in [-0.39, 0.29) is 19.1 Å². The highest BCUT2D eigenvalue weighted by molar-refractivity contribution is 5.91. The van der Waals surface area contributed by atoms with E-state index < -0.39 is 42.9 Å². The van der Waals surface area contributed by atoms with E-state index in [0.717, 1.165) is 27.8 Å². The number of benzene rings is 3. The maximum Gasteiger partial charge on any atom is 0.407 e. The zero-order chi connectivity index (χ0) is 26.2. The number of rotatable bonds is 10. The number of carboxylic acid groups (broad SMARTS) is 1. The molecule has 37 heavy (non-hydrogen) atoms. The molecular formula is C28H26N2O7. The second kappa shape index (κ2) is 11.9. The first kappa shape index (κ1) is 25.4. The summed E-state index contributed by atoms with van der Waals surface area (Å²) in [6.45, 7) is -0.656. The summed E-state index contributed by atoms with van der Waals surface area (Å²) < 4.78 is 10.7. The van der Waals surface area contributed by atoms with Crippen LogP contribution in [0.4, 0.5) is 4.79 Å². The number of aliphatic carboxylic acids is 1. The van der Waals surface area contributed by atoms with Crippen LogP contribution in [-0.4, -0.2) is 48.2 Å². The third kappa shape index (κ3) is 6.52. The fraction of sp³-hybridized carbons (Fsp3) is 0.214. The second-order valence-electron chi connectivity index (χ2n) is 8.48. The van der Waals surface area contributed by atoms with Gasteiger partial charge in [0.25, 0.3) is 0 Å². The van der Waals surface area contributed by atoms with Gasteiger partial charge in [-0.05, 0) is 27.8 Å². The van der Waals surface area contributed by atoms with Gasteiger partial charge < -0.3 is 25.2 Å². The van der Waals surface area contributed by atoms with Crippen LogP contribution in [0.5, 0.6) is 0 Å². The van der Waals surface area contributed by atoms with Crippen molar-refractivity contribution in [3.05, 3.63) is 95.6 Å². The Morgan fingerprint density at radius 3 is 2.03 bits per heavy atom. The first-order chi connectivity index (χ1) is 17.9. The van der Waals surface area contributed by atoms with Crippen molar-refractivity contribution in [3.8, 4) is 11.1 Å². The van der Waals surface area contributed by atoms with E-state index in [1.165, 1.54) is 0 Å². The summed E-state index contributed by atoms with van der Waals surface area (Å²) in [5.41, 5.74) is 4.94. The topological polar surface area (TPSA) is 131 Å². The van der Waals surface area contributed by atoms with E-state index >= 15 is 0 Å². The monoisotopic (exact) mass is 502 g/mol. The van der Waals surface area contributed by atoms with Gasteiger partial charge in [0.2, 0.25) is 5.91 Å². The lowest BCUT2D eigenvalue weighted by Gasteiger charge is -2.19. The Morgan fingerprint density at radius 1 is 0.811 bits per heavy atom. The Hall–Kier alpha value is -4.66. The van der Waals surface area contributed by atoms with Crippen LogP contribution < -0.4 is 10.6 Å². The third-order valence-electron chi connectivity index (χ3n) is 5.98. The first-order valence-electron chi connectivity index (χ1n) is 11.7. The molecule has 0 unspecified atom stereocenters. The predicted molar refractivity (Wildman–Crippen MR) is 133 cm³/mol. The second-order valence-corrected chi connectivity index (χ2v) is 8.48. The molecule has 0 aliphatic heterocycles. The molecule has 2 amide bonds. The van der Waals surface area contributed by atoms with Gasteiger partial charge in [0.15, 0.2) is 0 Å². The van der Waals surface area contributed by atoms with Gasteiger partial charge in [-0.2, -0.15) is 0 Å². The Bertz CT molecular complexity index is 1250. The SMILES string of the molecule is O=C(O)CNC(=O)[C@H](CC(=O)OCc1ccccc1)NC(=O)OCC1c2ccccc2-c2ccccc21. The van der Waals surface area contributed by atoms with Gasteiger partial charge in [-0.3, -0.25) is 14.4 Å². The van der Waals surface area contributed by atoms with Crippen LogP contribution >= 0.6 is 0 Å². The molecular weight excluding hydrogens is 476 g/mol. The number of carboxylic acids is 1. The molecule has 1 aliphatic rings. The Labute approximate surface area is 213 Å². The summed E-state index contributed by atoms with van der Waals surface area (Å²) in [6, 6.07) is 23.3. The van der Waals surface area contributed by atoms with Crippen molar-refractivity contribution >= 4 is 23.9 Å². The Balaban J connectivity index is 1.38. The summed E-state index contributed by atoms with van der Waals surface area (Å²) >= 11 is 0. The van der Waals surface area contributed by atoms with Gasteiger partial charge in [0.05, 0.1) is 6.42 Å². The number of fused-ring (bicyclic) bond motifs is 3. The van der Waals surface area contributed by atoms with E-state index in [0.29, 0.717) is 0 Å². The largest absolute Gasteiger partial charge is 0.480 e. The number of alkyl carbamates (subject to hydrolysis) is 1. The summed E-state index contributed by atoms with van der Waals surface area (Å²) in [7, 11) is 0. The minimum atomic E-state index is -1.38. The Morgan fingerprint density at radius 2 is 1.41 bits per heavy atom. The van der Waals surface area contributed by atoms with Crippen molar-refractivity contribution in [2.24, 2.45) is 0 Å². The highest BCUT2D eigenvalue weighted by Crippen LogP contribution is 2.44. The van der Waals surface area contributed by atoms with Crippen molar-refractivity contribution < 1.29 is 33.8 Å². The number of hydrogen-bond donors (Lipinski definition) is 3. The van der Waals surface area contributed by atoms with Crippen LogP contribution in [0.15, 0.2) is 78.9 Å². The molecule has 0 spiro atoms. The van der Waals surface area contributed by atoms with Crippen molar-refractivity contribution in [2.75, 3.05) is 13.2 Å². The van der Waals surface area contributed by atoms with Crippen molar-refractivity contribution in [1.82, 2.24) is 10.6 Å². The highest BCUT2D eigenvalue weighted by atomic mass is 16.5. The molecule has 1 atom stereocenters. The molecule has 3 aromatic carbocycles. The van der Waals surface area contributed by atoms with E-state index in [1.54, 1.807) is 24.3 Å². The molecule has 4 rings (SSSR count). The van der Waals surface area contributed by atoms with Crippen LogP contribution in [0.3, 0.4) is 0 Å². The lowest BCUT2D eigenvalue weighted by Crippen LogP contribution is -2.49. The maximum absolute atomic E-state index is 12.7. The van der Waals surface area contributed by atoms with Crippen molar-refractivity contribution in [3.63, 3.8) is 0 Å². The quantitative estimate of drug-likeness (QED) is 0.363. The van der Waals surface area contributed by atoms with E-state index in [4.69, 9.17) is 14.6 Å². The van der Waals surface area contributed by atoms with Crippen molar-refractivity contribution in [2.45, 2.75) is 25.0 Å². The number of carbonyl (C=O) groups excluding carboxylic acids is 3. The van der Waals surface area contributed by atoms with Crippen LogP contribution in [0.1, 0.15) is 29.0 Å². The smallest absolute Gasteiger partial charge is 0.407 e. The molecule has 0 saturated heterocycles. The van der Waals surface area contributed by atoms with E-state index in [2.05, 4.69) is 10.6 Å². The average Bonchev–Trinajstić information content (AvgIpc) is 3.23. The number of amides is 2. The normalized spacial score (nSPS) is 12.5. The summed E-state index contributed by atoms with van der Waals surface area (Å²) in [6.07, 6.45) is -1.41. The van der Waals surface area contributed by atoms with E-state index in [9.17, 15) is 19.2 Å².